The number of sulfonamides is 1. The van der Waals surface area contributed by atoms with Gasteiger partial charge in [-0.05, 0) is 12.3 Å². The Hall–Kier alpha value is -1.19. The summed E-state index contributed by atoms with van der Waals surface area (Å²) in [5.41, 5.74) is -0.215. The first kappa shape index (κ1) is 16.9. The average molecular weight is 321 g/mol. The highest BCUT2D eigenvalue weighted by atomic mass is 32.2. The minimum Gasteiger partial charge on any atom is -0.374 e. The lowest BCUT2D eigenvalue weighted by atomic mass is 10.1. The molecule has 0 aliphatic carbocycles. The number of nitrogens with zero attached hydrogens (tertiary/aromatic N) is 2. The van der Waals surface area contributed by atoms with Crippen LogP contribution < -0.4 is 5.32 Å². The van der Waals surface area contributed by atoms with Crippen molar-refractivity contribution in [3.8, 4) is 0 Å². The van der Waals surface area contributed by atoms with Gasteiger partial charge in [0, 0.05) is 26.7 Å². The van der Waals surface area contributed by atoms with E-state index < -0.39 is 14.9 Å². The fourth-order valence-electron chi connectivity index (χ4n) is 1.52. The molecule has 0 aromatic carbocycles. The maximum Gasteiger partial charge on any atom is 0.304 e. The molecule has 1 heterocycles. The van der Waals surface area contributed by atoms with E-state index in [1.807, 2.05) is 13.8 Å². The molecule has 1 rings (SSSR count). The van der Waals surface area contributed by atoms with E-state index in [1.165, 1.54) is 18.4 Å². The third-order valence-electron chi connectivity index (χ3n) is 2.80. The van der Waals surface area contributed by atoms with E-state index >= 15 is 0 Å². The molecule has 0 spiro atoms. The van der Waals surface area contributed by atoms with Crippen LogP contribution in [0.15, 0.2) is 10.3 Å². The van der Waals surface area contributed by atoms with Crippen molar-refractivity contribution < 1.29 is 13.3 Å². The van der Waals surface area contributed by atoms with Crippen molar-refractivity contribution in [2.75, 3.05) is 26.0 Å². The number of nitro groups is 1. The largest absolute Gasteiger partial charge is 0.374 e. The molecule has 0 radical (unpaired) electrons. The van der Waals surface area contributed by atoms with Gasteiger partial charge in [0.15, 0.2) is 5.00 Å². The standard InChI is InChI=1S/C11H19N3O4S2/c1-8(2)5-6-13(4)20(17,18)10-7-9(14(15)16)11(12-3)19-10/h7-8,12H,5-6H2,1-4H3. The van der Waals surface area contributed by atoms with Gasteiger partial charge in [0.1, 0.15) is 4.21 Å². The lowest BCUT2D eigenvalue weighted by Crippen LogP contribution is -2.28. The molecule has 0 saturated heterocycles. The second kappa shape index (κ2) is 6.51. The number of anilines is 1. The van der Waals surface area contributed by atoms with E-state index in [1.54, 1.807) is 0 Å². The van der Waals surface area contributed by atoms with Gasteiger partial charge in [0.25, 0.3) is 10.0 Å². The minimum atomic E-state index is -3.67. The second-order valence-electron chi connectivity index (χ2n) is 4.80. The van der Waals surface area contributed by atoms with Crippen molar-refractivity contribution in [2.24, 2.45) is 5.92 Å². The van der Waals surface area contributed by atoms with Crippen LogP contribution in [0.5, 0.6) is 0 Å². The van der Waals surface area contributed by atoms with Gasteiger partial charge < -0.3 is 5.32 Å². The van der Waals surface area contributed by atoms with Gasteiger partial charge in [0.05, 0.1) is 4.92 Å². The third-order valence-corrected chi connectivity index (χ3v) is 6.25. The number of nitrogens with one attached hydrogen (secondary N) is 1. The van der Waals surface area contributed by atoms with Crippen molar-refractivity contribution in [3.05, 3.63) is 16.2 Å². The van der Waals surface area contributed by atoms with Gasteiger partial charge in [-0.2, -0.15) is 0 Å². The molecule has 9 heteroatoms. The van der Waals surface area contributed by atoms with Crippen molar-refractivity contribution in [1.29, 1.82) is 0 Å². The Morgan fingerprint density at radius 1 is 1.50 bits per heavy atom. The summed E-state index contributed by atoms with van der Waals surface area (Å²) in [6.45, 7) is 4.41. The van der Waals surface area contributed by atoms with Crippen molar-refractivity contribution in [1.82, 2.24) is 4.31 Å². The molecule has 7 nitrogen and oxygen atoms in total. The van der Waals surface area contributed by atoms with Crippen LogP contribution in [0, 0.1) is 16.0 Å². The highest BCUT2D eigenvalue weighted by Crippen LogP contribution is 2.37. The molecule has 0 aliphatic rings. The minimum absolute atomic E-state index is 0.0141. The van der Waals surface area contributed by atoms with Crippen LogP contribution in [0.1, 0.15) is 20.3 Å². The zero-order valence-corrected chi connectivity index (χ0v) is 13.5. The average Bonchev–Trinajstić information content (AvgIpc) is 2.80. The van der Waals surface area contributed by atoms with Gasteiger partial charge >= 0.3 is 5.69 Å². The predicted molar refractivity (Wildman–Crippen MR) is 79.8 cm³/mol. The SMILES string of the molecule is CNc1sc(S(=O)(=O)N(C)CCC(C)C)cc1[N+](=O)[O-]. The topological polar surface area (TPSA) is 92.6 Å². The fourth-order valence-corrected chi connectivity index (χ4v) is 4.19. The highest BCUT2D eigenvalue weighted by Gasteiger charge is 2.28. The fraction of sp³-hybridized carbons (Fsp3) is 0.636. The number of hydrogen-bond donors (Lipinski definition) is 1. The molecular formula is C11H19N3O4S2. The summed E-state index contributed by atoms with van der Waals surface area (Å²) in [6.07, 6.45) is 0.738. The molecule has 114 valence electrons. The smallest absolute Gasteiger partial charge is 0.304 e. The number of rotatable bonds is 7. The quantitative estimate of drug-likeness (QED) is 0.615. The molecule has 0 atom stereocenters. The molecule has 0 saturated carbocycles. The normalized spacial score (nSPS) is 12.1. The Kier molecular flexibility index (Phi) is 5.49. The molecule has 0 aliphatic heterocycles. The van der Waals surface area contributed by atoms with Crippen molar-refractivity contribution in [2.45, 2.75) is 24.5 Å². The summed E-state index contributed by atoms with van der Waals surface area (Å²) in [6, 6.07) is 1.11. The van der Waals surface area contributed by atoms with Crippen LogP contribution in [0.4, 0.5) is 10.7 Å². The summed E-state index contributed by atoms with van der Waals surface area (Å²) < 4.78 is 25.9. The van der Waals surface area contributed by atoms with Crippen LogP contribution in [0.2, 0.25) is 0 Å². The molecule has 0 amide bonds. The molecular weight excluding hydrogens is 302 g/mol. The maximum absolute atomic E-state index is 12.3. The van der Waals surface area contributed by atoms with Gasteiger partial charge in [0.2, 0.25) is 0 Å². The summed E-state index contributed by atoms with van der Waals surface area (Å²) >= 11 is 0.875. The first-order valence-corrected chi connectivity index (χ1v) is 8.38. The first-order valence-electron chi connectivity index (χ1n) is 6.12. The maximum atomic E-state index is 12.3. The van der Waals surface area contributed by atoms with E-state index in [-0.39, 0.29) is 14.9 Å². The van der Waals surface area contributed by atoms with E-state index in [4.69, 9.17) is 0 Å². The van der Waals surface area contributed by atoms with E-state index in [0.29, 0.717) is 12.5 Å². The number of thiophene rings is 1. The van der Waals surface area contributed by atoms with Gasteiger partial charge in [-0.25, -0.2) is 12.7 Å². The van der Waals surface area contributed by atoms with Crippen LogP contribution in [-0.2, 0) is 10.0 Å². The molecule has 20 heavy (non-hydrogen) atoms. The Morgan fingerprint density at radius 2 is 2.10 bits per heavy atom. The Bertz CT molecular complexity index is 580. The zero-order chi connectivity index (χ0) is 15.5. The van der Waals surface area contributed by atoms with E-state index in [9.17, 15) is 18.5 Å². The summed E-state index contributed by atoms with van der Waals surface area (Å²) in [4.78, 5) is 10.3. The molecule has 1 N–H and O–H groups in total. The summed E-state index contributed by atoms with van der Waals surface area (Å²) in [7, 11) is -0.659. The first-order chi connectivity index (χ1) is 9.20. The Morgan fingerprint density at radius 3 is 2.50 bits per heavy atom. The van der Waals surface area contributed by atoms with Gasteiger partial charge in [-0.1, -0.05) is 25.2 Å². The second-order valence-corrected chi connectivity index (χ2v) is 8.12. The van der Waals surface area contributed by atoms with E-state index in [2.05, 4.69) is 5.32 Å². The van der Waals surface area contributed by atoms with Crippen LogP contribution in [-0.4, -0.2) is 38.3 Å². The molecule has 1 aromatic heterocycles. The van der Waals surface area contributed by atoms with Crippen LogP contribution in [0.25, 0.3) is 0 Å². The number of hydrogen-bond acceptors (Lipinski definition) is 6. The summed E-state index contributed by atoms with van der Waals surface area (Å²) in [5, 5.41) is 13.8. The monoisotopic (exact) mass is 321 g/mol. The molecule has 0 fully saturated rings. The molecule has 1 aromatic rings. The van der Waals surface area contributed by atoms with Crippen LogP contribution >= 0.6 is 11.3 Å². The van der Waals surface area contributed by atoms with Crippen molar-refractivity contribution in [3.63, 3.8) is 0 Å². The van der Waals surface area contributed by atoms with E-state index in [0.717, 1.165) is 23.8 Å². The molecule has 0 bridgehead atoms. The lowest BCUT2D eigenvalue weighted by Gasteiger charge is -2.16. The lowest BCUT2D eigenvalue weighted by molar-refractivity contribution is -0.383. The van der Waals surface area contributed by atoms with Gasteiger partial charge in [-0.3, -0.25) is 10.1 Å². The highest BCUT2D eigenvalue weighted by molar-refractivity contribution is 7.91. The Balaban J connectivity index is 3.06. The third kappa shape index (κ3) is 3.68. The zero-order valence-electron chi connectivity index (χ0n) is 11.9. The predicted octanol–water partition coefficient (Wildman–Crippen LogP) is 2.36. The van der Waals surface area contributed by atoms with Crippen molar-refractivity contribution >= 4 is 32.0 Å². The van der Waals surface area contributed by atoms with Crippen LogP contribution in [0.3, 0.4) is 0 Å². The summed E-state index contributed by atoms with van der Waals surface area (Å²) in [5.74, 6) is 0.387. The molecule has 0 unspecified atom stereocenters. The van der Waals surface area contributed by atoms with Gasteiger partial charge in [-0.15, -0.1) is 0 Å². The Labute approximate surface area is 122 Å².